The average molecular weight is 509 g/mol. The summed E-state index contributed by atoms with van der Waals surface area (Å²) in [5.74, 6) is 1.45. The second kappa shape index (κ2) is 10.4. The Kier molecular flexibility index (Phi) is 7.32. The lowest BCUT2D eigenvalue weighted by Crippen LogP contribution is -2.17. The van der Waals surface area contributed by atoms with Crippen molar-refractivity contribution in [1.29, 1.82) is 0 Å². The van der Waals surface area contributed by atoms with Crippen LogP contribution in [-0.2, 0) is 9.84 Å². The highest BCUT2D eigenvalue weighted by atomic mass is 32.2. The minimum atomic E-state index is -3.33. The molecule has 0 spiro atoms. The number of nitrogens with one attached hydrogen (secondary N) is 2. The lowest BCUT2D eigenvalue weighted by molar-refractivity contribution is 0.276. The van der Waals surface area contributed by atoms with E-state index in [0.717, 1.165) is 5.56 Å². The van der Waals surface area contributed by atoms with Gasteiger partial charge in [0.2, 0.25) is 11.8 Å². The molecule has 2 heterocycles. The summed E-state index contributed by atoms with van der Waals surface area (Å²) < 4.78 is 29.7. The SMILES string of the molecule is Cc1cc(Nc2ncc(-c3nnc(C(C)C)o3)c(N[C@H](CO)c3ccccc3)n2)ccc1S(C)(=O)=O. The van der Waals surface area contributed by atoms with E-state index in [1.807, 2.05) is 44.2 Å². The molecule has 2 aromatic carbocycles. The number of rotatable bonds is 9. The number of benzene rings is 2. The van der Waals surface area contributed by atoms with E-state index in [9.17, 15) is 13.5 Å². The molecule has 0 saturated heterocycles. The largest absolute Gasteiger partial charge is 0.420 e. The van der Waals surface area contributed by atoms with Crippen molar-refractivity contribution in [2.24, 2.45) is 0 Å². The second-order valence-electron chi connectivity index (χ2n) is 8.72. The van der Waals surface area contributed by atoms with E-state index in [4.69, 9.17) is 4.42 Å². The molecule has 2 aromatic heterocycles. The van der Waals surface area contributed by atoms with Gasteiger partial charge in [-0.15, -0.1) is 10.2 Å². The van der Waals surface area contributed by atoms with Gasteiger partial charge in [0.15, 0.2) is 9.84 Å². The molecule has 0 aliphatic carbocycles. The van der Waals surface area contributed by atoms with E-state index in [2.05, 4.69) is 30.8 Å². The van der Waals surface area contributed by atoms with Gasteiger partial charge in [-0.3, -0.25) is 0 Å². The van der Waals surface area contributed by atoms with Crippen LogP contribution in [-0.4, -0.2) is 46.6 Å². The Balaban J connectivity index is 1.71. The van der Waals surface area contributed by atoms with Crippen LogP contribution in [0.4, 0.5) is 17.5 Å². The Morgan fingerprint density at radius 1 is 1.08 bits per heavy atom. The minimum absolute atomic E-state index is 0.0529. The molecule has 10 nitrogen and oxygen atoms in total. The number of aromatic nitrogens is 4. The number of hydrogen-bond acceptors (Lipinski definition) is 10. The minimum Gasteiger partial charge on any atom is -0.420 e. The van der Waals surface area contributed by atoms with Gasteiger partial charge in [-0.05, 0) is 36.2 Å². The molecule has 0 aliphatic heterocycles. The first-order chi connectivity index (χ1) is 17.2. The van der Waals surface area contributed by atoms with Gasteiger partial charge in [0.25, 0.3) is 5.89 Å². The fourth-order valence-electron chi connectivity index (χ4n) is 3.64. The summed E-state index contributed by atoms with van der Waals surface area (Å²) in [6, 6.07) is 14.0. The fourth-order valence-corrected chi connectivity index (χ4v) is 4.60. The van der Waals surface area contributed by atoms with Crippen LogP contribution in [0.3, 0.4) is 0 Å². The van der Waals surface area contributed by atoms with Crippen LogP contribution >= 0.6 is 0 Å². The smallest absolute Gasteiger partial charge is 0.253 e. The molecular formula is C25H28N6O4S. The first-order valence-electron chi connectivity index (χ1n) is 11.4. The molecule has 0 radical (unpaired) electrons. The zero-order chi connectivity index (χ0) is 25.9. The summed E-state index contributed by atoms with van der Waals surface area (Å²) in [4.78, 5) is 9.28. The molecule has 4 aromatic rings. The van der Waals surface area contributed by atoms with E-state index in [0.29, 0.717) is 28.5 Å². The molecule has 0 unspecified atom stereocenters. The second-order valence-corrected chi connectivity index (χ2v) is 10.7. The maximum atomic E-state index is 11.9. The summed E-state index contributed by atoms with van der Waals surface area (Å²) in [5.41, 5.74) is 2.59. The van der Waals surface area contributed by atoms with Crippen molar-refractivity contribution in [3.05, 3.63) is 71.7 Å². The molecule has 0 bridgehead atoms. The van der Waals surface area contributed by atoms with Gasteiger partial charge in [0, 0.05) is 24.1 Å². The number of anilines is 3. The summed E-state index contributed by atoms with van der Waals surface area (Å²) in [6.07, 6.45) is 2.74. The number of aliphatic hydroxyl groups excluding tert-OH is 1. The molecule has 0 aliphatic rings. The highest BCUT2D eigenvalue weighted by Gasteiger charge is 2.20. The quantitative estimate of drug-likeness (QED) is 0.300. The number of hydrogen-bond donors (Lipinski definition) is 3. The highest BCUT2D eigenvalue weighted by Crippen LogP contribution is 2.31. The van der Waals surface area contributed by atoms with E-state index >= 15 is 0 Å². The highest BCUT2D eigenvalue weighted by molar-refractivity contribution is 7.90. The standard InChI is InChI=1S/C25H28N6O4S/c1-15(2)23-30-31-24(35-23)19-13-26-25(27-18-10-11-21(16(3)12-18)36(4,33)34)29-22(19)28-20(14-32)17-8-6-5-7-9-17/h5-13,15,20,32H,14H2,1-4H3,(H2,26,27,28,29)/t20-/m1/s1. The molecule has 1 atom stereocenters. The molecular weight excluding hydrogens is 480 g/mol. The van der Waals surface area contributed by atoms with Crippen LogP contribution in [0, 0.1) is 6.92 Å². The van der Waals surface area contributed by atoms with Crippen molar-refractivity contribution in [1.82, 2.24) is 20.2 Å². The third-order valence-electron chi connectivity index (χ3n) is 5.48. The van der Waals surface area contributed by atoms with Crippen LogP contribution in [0.1, 0.15) is 42.8 Å². The van der Waals surface area contributed by atoms with E-state index in [1.165, 1.54) is 6.26 Å². The number of aryl methyl sites for hydroxylation is 1. The van der Waals surface area contributed by atoms with Gasteiger partial charge in [-0.1, -0.05) is 44.2 Å². The van der Waals surface area contributed by atoms with E-state index in [1.54, 1.807) is 31.3 Å². The van der Waals surface area contributed by atoms with Crippen molar-refractivity contribution in [2.45, 2.75) is 37.6 Å². The zero-order valence-corrected chi connectivity index (χ0v) is 21.2. The van der Waals surface area contributed by atoms with Crippen molar-refractivity contribution in [3.63, 3.8) is 0 Å². The fraction of sp³-hybridized carbons (Fsp3) is 0.280. The van der Waals surface area contributed by atoms with Crippen LogP contribution in [0.2, 0.25) is 0 Å². The summed E-state index contributed by atoms with van der Waals surface area (Å²) in [6.45, 7) is 5.46. The third-order valence-corrected chi connectivity index (χ3v) is 6.74. The lowest BCUT2D eigenvalue weighted by atomic mass is 10.1. The van der Waals surface area contributed by atoms with E-state index in [-0.39, 0.29) is 29.3 Å². The molecule has 11 heteroatoms. The first-order valence-corrected chi connectivity index (χ1v) is 13.3. The molecule has 0 fully saturated rings. The maximum absolute atomic E-state index is 11.9. The average Bonchev–Trinajstić information content (AvgIpc) is 3.33. The van der Waals surface area contributed by atoms with Crippen LogP contribution in [0.5, 0.6) is 0 Å². The Morgan fingerprint density at radius 2 is 1.83 bits per heavy atom. The Bertz CT molecular complexity index is 1450. The monoisotopic (exact) mass is 508 g/mol. The van der Waals surface area contributed by atoms with Crippen molar-refractivity contribution in [3.8, 4) is 11.5 Å². The molecule has 3 N–H and O–H groups in total. The Morgan fingerprint density at radius 3 is 2.44 bits per heavy atom. The van der Waals surface area contributed by atoms with Crippen LogP contribution in [0.15, 0.2) is 64.0 Å². The summed E-state index contributed by atoms with van der Waals surface area (Å²) in [5, 5.41) is 24.7. The Labute approximate surface area is 209 Å². The van der Waals surface area contributed by atoms with Crippen LogP contribution < -0.4 is 10.6 Å². The molecule has 188 valence electrons. The van der Waals surface area contributed by atoms with Crippen LogP contribution in [0.25, 0.3) is 11.5 Å². The Hall–Kier alpha value is -3.83. The predicted octanol–water partition coefficient (Wildman–Crippen LogP) is 4.25. The van der Waals surface area contributed by atoms with Gasteiger partial charge in [0.05, 0.1) is 23.1 Å². The number of sulfone groups is 1. The van der Waals surface area contributed by atoms with Gasteiger partial charge >= 0.3 is 0 Å². The first kappa shape index (κ1) is 25.3. The third kappa shape index (κ3) is 5.69. The van der Waals surface area contributed by atoms with Gasteiger partial charge in [0.1, 0.15) is 5.82 Å². The predicted molar refractivity (Wildman–Crippen MR) is 137 cm³/mol. The zero-order valence-electron chi connectivity index (χ0n) is 20.4. The van der Waals surface area contributed by atoms with Gasteiger partial charge in [-0.25, -0.2) is 13.4 Å². The number of aliphatic hydroxyl groups is 1. The number of nitrogens with zero attached hydrogens (tertiary/aromatic N) is 4. The molecule has 0 saturated carbocycles. The summed E-state index contributed by atoms with van der Waals surface area (Å²) >= 11 is 0. The van der Waals surface area contributed by atoms with Gasteiger partial charge in [-0.2, -0.15) is 4.98 Å². The summed E-state index contributed by atoms with van der Waals surface area (Å²) in [7, 11) is -3.33. The van der Waals surface area contributed by atoms with Gasteiger partial charge < -0.3 is 20.2 Å². The van der Waals surface area contributed by atoms with Crippen molar-refractivity contribution in [2.75, 3.05) is 23.5 Å². The topological polar surface area (TPSA) is 143 Å². The van der Waals surface area contributed by atoms with E-state index < -0.39 is 15.9 Å². The van der Waals surface area contributed by atoms with Crippen molar-refractivity contribution >= 4 is 27.3 Å². The maximum Gasteiger partial charge on any atom is 0.253 e. The molecule has 4 rings (SSSR count). The normalized spacial score (nSPS) is 12.5. The molecule has 0 amide bonds. The molecule has 36 heavy (non-hydrogen) atoms. The van der Waals surface area contributed by atoms with Crippen molar-refractivity contribution < 1.29 is 17.9 Å². The lowest BCUT2D eigenvalue weighted by Gasteiger charge is -2.19.